The van der Waals surface area contributed by atoms with Gasteiger partial charge in [0.1, 0.15) is 5.56 Å². The van der Waals surface area contributed by atoms with Gasteiger partial charge in [-0.15, -0.1) is 0 Å². The van der Waals surface area contributed by atoms with Crippen LogP contribution in [0.5, 0.6) is 0 Å². The number of carbonyl (C=O) groups is 2. The number of hydrogen-bond donors (Lipinski definition) is 2. The van der Waals surface area contributed by atoms with E-state index in [4.69, 9.17) is 0 Å². The Morgan fingerprint density at radius 1 is 1.17 bits per heavy atom. The molecule has 1 aromatic heterocycles. The van der Waals surface area contributed by atoms with E-state index < -0.39 is 27.3 Å². The van der Waals surface area contributed by atoms with E-state index in [1.807, 2.05) is 13.8 Å². The number of pyridine rings is 1. The summed E-state index contributed by atoms with van der Waals surface area (Å²) in [6, 6.07) is 0.538. The van der Waals surface area contributed by atoms with Crippen molar-refractivity contribution in [2.75, 3.05) is 24.6 Å². The summed E-state index contributed by atoms with van der Waals surface area (Å²) >= 11 is 0. The van der Waals surface area contributed by atoms with E-state index in [1.54, 1.807) is 0 Å². The van der Waals surface area contributed by atoms with Gasteiger partial charge in [-0.1, -0.05) is 13.8 Å². The number of ketones is 1. The van der Waals surface area contributed by atoms with Crippen LogP contribution in [0.3, 0.4) is 0 Å². The largest absolute Gasteiger partial charge is 0.346 e. The van der Waals surface area contributed by atoms with Crippen molar-refractivity contribution in [1.29, 1.82) is 0 Å². The summed E-state index contributed by atoms with van der Waals surface area (Å²) < 4.78 is 24.4. The Morgan fingerprint density at radius 3 is 2.55 bits per heavy atom. The highest BCUT2D eigenvalue weighted by atomic mass is 32.2. The average molecular weight is 422 g/mol. The van der Waals surface area contributed by atoms with Crippen LogP contribution >= 0.6 is 0 Å². The molecule has 158 valence electrons. The normalized spacial score (nSPS) is 28.3. The third-order valence-electron chi connectivity index (χ3n) is 6.21. The van der Waals surface area contributed by atoms with Crippen LogP contribution in [0.25, 0.3) is 0 Å². The van der Waals surface area contributed by atoms with E-state index in [2.05, 4.69) is 15.2 Å². The Kier molecular flexibility index (Phi) is 4.93. The molecule has 2 fully saturated rings. The summed E-state index contributed by atoms with van der Waals surface area (Å²) in [5.41, 5.74) is 0.0137. The van der Waals surface area contributed by atoms with Crippen LogP contribution in [0.4, 0.5) is 0 Å². The molecule has 0 aromatic carbocycles. The van der Waals surface area contributed by atoms with Gasteiger partial charge >= 0.3 is 0 Å². The van der Waals surface area contributed by atoms with Gasteiger partial charge < -0.3 is 10.3 Å². The van der Waals surface area contributed by atoms with E-state index in [0.29, 0.717) is 24.1 Å². The van der Waals surface area contributed by atoms with Crippen LogP contribution in [0, 0.1) is 5.41 Å². The zero-order valence-corrected chi connectivity index (χ0v) is 17.6. The first-order valence-corrected chi connectivity index (χ1v) is 11.9. The molecule has 9 heteroatoms. The molecule has 0 saturated carbocycles. The van der Waals surface area contributed by atoms with Crippen molar-refractivity contribution < 1.29 is 18.0 Å². The number of fused-ring (bicyclic) bond motifs is 1. The SMILES string of the molecule is CC1(C)CC(=O)c2cc(C(=O)NC3CS(=O)(=O)CC3N3CCCC3)c(=O)[nH]c2C1. The molecular weight excluding hydrogens is 394 g/mol. The summed E-state index contributed by atoms with van der Waals surface area (Å²) in [6.07, 6.45) is 2.94. The van der Waals surface area contributed by atoms with Gasteiger partial charge in [-0.2, -0.15) is 0 Å². The number of nitrogens with one attached hydrogen (secondary N) is 2. The minimum absolute atomic E-state index is 0.0199. The van der Waals surface area contributed by atoms with Crippen LogP contribution in [0.2, 0.25) is 0 Å². The van der Waals surface area contributed by atoms with Gasteiger partial charge in [-0.3, -0.25) is 19.3 Å². The lowest BCUT2D eigenvalue weighted by Gasteiger charge is -2.30. The van der Waals surface area contributed by atoms with Crippen molar-refractivity contribution in [2.24, 2.45) is 5.41 Å². The molecule has 3 heterocycles. The van der Waals surface area contributed by atoms with Gasteiger partial charge in [0.25, 0.3) is 11.5 Å². The average Bonchev–Trinajstić information content (AvgIpc) is 3.20. The highest BCUT2D eigenvalue weighted by molar-refractivity contribution is 7.91. The van der Waals surface area contributed by atoms with Crippen molar-refractivity contribution in [1.82, 2.24) is 15.2 Å². The first-order chi connectivity index (χ1) is 13.5. The van der Waals surface area contributed by atoms with Crippen molar-refractivity contribution in [3.05, 3.63) is 33.2 Å². The zero-order chi connectivity index (χ0) is 21.0. The second-order valence-electron chi connectivity index (χ2n) is 9.31. The smallest absolute Gasteiger partial charge is 0.261 e. The molecule has 0 radical (unpaired) electrons. The van der Waals surface area contributed by atoms with Crippen molar-refractivity contribution >= 4 is 21.5 Å². The van der Waals surface area contributed by atoms with Gasteiger partial charge in [0.2, 0.25) is 0 Å². The number of nitrogens with zero attached hydrogens (tertiary/aromatic N) is 1. The summed E-state index contributed by atoms with van der Waals surface area (Å²) in [5.74, 6) is -0.833. The quantitative estimate of drug-likeness (QED) is 0.735. The molecule has 2 unspecified atom stereocenters. The molecule has 1 aliphatic carbocycles. The fourth-order valence-corrected chi connectivity index (χ4v) is 6.79. The van der Waals surface area contributed by atoms with E-state index >= 15 is 0 Å². The second-order valence-corrected chi connectivity index (χ2v) is 11.5. The number of aromatic nitrogens is 1. The van der Waals surface area contributed by atoms with Crippen LogP contribution in [-0.4, -0.2) is 66.7 Å². The summed E-state index contributed by atoms with van der Waals surface area (Å²) in [4.78, 5) is 42.7. The number of H-pyrrole nitrogens is 1. The molecule has 8 nitrogen and oxygen atoms in total. The molecule has 1 amide bonds. The number of likely N-dealkylation sites (tertiary alicyclic amines) is 1. The molecule has 4 rings (SSSR count). The topological polar surface area (TPSA) is 116 Å². The Bertz CT molecular complexity index is 1020. The Labute approximate surface area is 170 Å². The third-order valence-corrected chi connectivity index (χ3v) is 7.93. The monoisotopic (exact) mass is 421 g/mol. The van der Waals surface area contributed by atoms with E-state index in [-0.39, 0.29) is 34.3 Å². The standard InChI is InChI=1S/C20H27N3O5S/c1-20(2)8-14-12(17(24)9-20)7-13(18(25)21-14)19(26)22-15-10-29(27,28)11-16(15)23-5-3-4-6-23/h7,15-16H,3-6,8-11H2,1-2H3,(H,21,25)(H,22,26). The van der Waals surface area contributed by atoms with Crippen molar-refractivity contribution in [3.63, 3.8) is 0 Å². The number of amides is 1. The minimum Gasteiger partial charge on any atom is -0.346 e. The Morgan fingerprint density at radius 2 is 1.86 bits per heavy atom. The number of hydrogen-bond acceptors (Lipinski definition) is 6. The fourth-order valence-electron chi connectivity index (χ4n) is 4.84. The van der Waals surface area contributed by atoms with E-state index in [0.717, 1.165) is 25.9 Å². The molecule has 29 heavy (non-hydrogen) atoms. The molecule has 2 N–H and O–H groups in total. The molecule has 1 aromatic rings. The van der Waals surface area contributed by atoms with Crippen molar-refractivity contribution in [2.45, 2.75) is 51.6 Å². The molecule has 3 aliphatic rings. The van der Waals surface area contributed by atoms with Crippen molar-refractivity contribution in [3.8, 4) is 0 Å². The molecule has 2 aliphatic heterocycles. The maximum atomic E-state index is 12.9. The van der Waals surface area contributed by atoms with Crippen LogP contribution in [0.15, 0.2) is 10.9 Å². The predicted molar refractivity (Wildman–Crippen MR) is 108 cm³/mol. The van der Waals surface area contributed by atoms with Gasteiger partial charge in [-0.25, -0.2) is 8.42 Å². The first kappa shape index (κ1) is 20.3. The molecule has 2 atom stereocenters. The van der Waals surface area contributed by atoms with Crippen LogP contribution in [0.1, 0.15) is 59.5 Å². The van der Waals surface area contributed by atoms with Gasteiger partial charge in [0, 0.05) is 23.7 Å². The maximum Gasteiger partial charge on any atom is 0.261 e. The third kappa shape index (κ3) is 4.02. The Hall–Kier alpha value is -2.00. The highest BCUT2D eigenvalue weighted by Crippen LogP contribution is 2.33. The minimum atomic E-state index is -3.25. The van der Waals surface area contributed by atoms with E-state index in [1.165, 1.54) is 6.07 Å². The number of sulfone groups is 1. The number of aromatic amines is 1. The lowest BCUT2D eigenvalue weighted by molar-refractivity contribution is 0.0909. The van der Waals surface area contributed by atoms with Crippen LogP contribution < -0.4 is 10.9 Å². The first-order valence-electron chi connectivity index (χ1n) is 10.1. The summed E-state index contributed by atoms with van der Waals surface area (Å²) in [7, 11) is -3.25. The summed E-state index contributed by atoms with van der Waals surface area (Å²) in [6.45, 7) is 5.56. The number of Topliss-reactive ketones (excluding diaryl/α,β-unsaturated/α-hetero) is 1. The zero-order valence-electron chi connectivity index (χ0n) is 16.8. The van der Waals surface area contributed by atoms with Crippen LogP contribution in [-0.2, 0) is 16.3 Å². The number of rotatable bonds is 3. The molecular formula is C20H27N3O5S. The fraction of sp³-hybridized carbons (Fsp3) is 0.650. The molecule has 0 spiro atoms. The molecule has 2 saturated heterocycles. The predicted octanol–water partition coefficient (Wildman–Crippen LogP) is 0.521. The second kappa shape index (κ2) is 7.05. The molecule has 0 bridgehead atoms. The lowest BCUT2D eigenvalue weighted by Crippen LogP contribution is -2.51. The van der Waals surface area contributed by atoms with Gasteiger partial charge in [0.05, 0.1) is 17.5 Å². The summed E-state index contributed by atoms with van der Waals surface area (Å²) in [5, 5.41) is 2.77. The highest BCUT2D eigenvalue weighted by Gasteiger charge is 2.42. The Balaban J connectivity index is 1.59. The lowest BCUT2D eigenvalue weighted by atomic mass is 9.75. The van der Waals surface area contributed by atoms with Gasteiger partial charge in [0.15, 0.2) is 15.6 Å². The van der Waals surface area contributed by atoms with E-state index in [9.17, 15) is 22.8 Å². The number of carbonyl (C=O) groups excluding carboxylic acids is 2. The van der Waals surface area contributed by atoms with Gasteiger partial charge in [-0.05, 0) is 43.8 Å². The maximum absolute atomic E-state index is 12.9.